The number of ether oxygens (including phenoxy) is 1. The Morgan fingerprint density at radius 3 is 2.86 bits per heavy atom. The van der Waals surface area contributed by atoms with E-state index in [1.165, 1.54) is 6.07 Å². The molecule has 3 heteroatoms. The molecule has 2 atom stereocenters. The molecule has 2 rings (SSSR count). The Hall–Kier alpha value is -0.930. The Kier molecular flexibility index (Phi) is 2.79. The van der Waals surface area contributed by atoms with Gasteiger partial charge < -0.3 is 10.1 Å². The molecule has 0 aromatic heterocycles. The lowest BCUT2D eigenvalue weighted by molar-refractivity contribution is 0.0141. The monoisotopic (exact) mass is 195 g/mol. The van der Waals surface area contributed by atoms with Gasteiger partial charge in [0.2, 0.25) is 0 Å². The number of rotatable bonds is 1. The van der Waals surface area contributed by atoms with Crippen LogP contribution in [-0.2, 0) is 4.74 Å². The van der Waals surface area contributed by atoms with E-state index in [0.29, 0.717) is 12.2 Å². The van der Waals surface area contributed by atoms with Crippen LogP contribution in [0, 0.1) is 5.82 Å². The maximum absolute atomic E-state index is 13.4. The van der Waals surface area contributed by atoms with Gasteiger partial charge in [-0.25, -0.2) is 4.39 Å². The molecule has 0 aliphatic carbocycles. The summed E-state index contributed by atoms with van der Waals surface area (Å²) in [5, 5.41) is 3.26. The first-order valence-corrected chi connectivity index (χ1v) is 4.87. The average molecular weight is 195 g/mol. The van der Waals surface area contributed by atoms with Crippen LogP contribution in [0.5, 0.6) is 0 Å². The summed E-state index contributed by atoms with van der Waals surface area (Å²) >= 11 is 0. The van der Waals surface area contributed by atoms with E-state index >= 15 is 0 Å². The minimum atomic E-state index is -0.164. The predicted molar refractivity (Wildman–Crippen MR) is 52.6 cm³/mol. The van der Waals surface area contributed by atoms with Crippen molar-refractivity contribution in [2.24, 2.45) is 0 Å². The van der Waals surface area contributed by atoms with E-state index in [9.17, 15) is 4.39 Å². The first-order chi connectivity index (χ1) is 6.77. The summed E-state index contributed by atoms with van der Waals surface area (Å²) in [7, 11) is 0. The first-order valence-electron chi connectivity index (χ1n) is 4.87. The van der Waals surface area contributed by atoms with Crippen molar-refractivity contribution in [2.75, 3.05) is 13.2 Å². The van der Waals surface area contributed by atoms with Gasteiger partial charge in [0, 0.05) is 12.1 Å². The maximum Gasteiger partial charge on any atom is 0.128 e. The number of halogens is 1. The highest BCUT2D eigenvalue weighted by atomic mass is 19.1. The van der Waals surface area contributed by atoms with Crippen molar-refractivity contribution in [1.29, 1.82) is 0 Å². The van der Waals surface area contributed by atoms with Crippen LogP contribution in [0.15, 0.2) is 24.3 Å². The zero-order valence-electron chi connectivity index (χ0n) is 8.16. The molecular weight excluding hydrogens is 181 g/mol. The smallest absolute Gasteiger partial charge is 0.128 e. The molecule has 0 radical (unpaired) electrons. The van der Waals surface area contributed by atoms with Crippen molar-refractivity contribution in [3.8, 4) is 0 Å². The van der Waals surface area contributed by atoms with E-state index in [4.69, 9.17) is 4.74 Å². The number of nitrogens with one attached hydrogen (secondary N) is 1. The van der Waals surface area contributed by atoms with Crippen molar-refractivity contribution in [1.82, 2.24) is 5.32 Å². The van der Waals surface area contributed by atoms with Gasteiger partial charge in [-0.05, 0) is 13.0 Å². The quantitative estimate of drug-likeness (QED) is 0.738. The second-order valence-corrected chi connectivity index (χ2v) is 3.63. The van der Waals surface area contributed by atoms with E-state index in [1.807, 2.05) is 13.0 Å². The van der Waals surface area contributed by atoms with E-state index in [1.54, 1.807) is 12.1 Å². The van der Waals surface area contributed by atoms with Gasteiger partial charge in [0.05, 0.1) is 18.8 Å². The second kappa shape index (κ2) is 4.07. The maximum atomic E-state index is 13.4. The van der Waals surface area contributed by atoms with Crippen LogP contribution in [0.3, 0.4) is 0 Å². The Labute approximate surface area is 83.1 Å². The molecule has 0 bridgehead atoms. The molecule has 14 heavy (non-hydrogen) atoms. The molecular formula is C11H14FNO. The Morgan fingerprint density at radius 2 is 2.21 bits per heavy atom. The third kappa shape index (κ3) is 1.94. The lowest BCUT2D eigenvalue weighted by Gasteiger charge is -2.28. The summed E-state index contributed by atoms with van der Waals surface area (Å²) in [6.45, 7) is 3.33. The first kappa shape index (κ1) is 9.62. The number of benzene rings is 1. The van der Waals surface area contributed by atoms with Crippen LogP contribution >= 0.6 is 0 Å². The topological polar surface area (TPSA) is 21.3 Å². The average Bonchev–Trinajstić information content (AvgIpc) is 2.20. The Bertz CT molecular complexity index is 308. The zero-order chi connectivity index (χ0) is 9.97. The van der Waals surface area contributed by atoms with Crippen LogP contribution in [0.2, 0.25) is 0 Å². The van der Waals surface area contributed by atoms with Gasteiger partial charge in [-0.1, -0.05) is 18.2 Å². The zero-order valence-corrected chi connectivity index (χ0v) is 8.16. The normalized spacial score (nSPS) is 27.6. The molecule has 1 aliphatic heterocycles. The SMILES string of the molecule is C[C@H]1CN[C@@H](c2ccccc2F)CO1. The molecule has 0 amide bonds. The van der Waals surface area contributed by atoms with E-state index in [0.717, 1.165) is 6.54 Å². The Morgan fingerprint density at radius 1 is 1.43 bits per heavy atom. The highest BCUT2D eigenvalue weighted by Crippen LogP contribution is 2.19. The minimum absolute atomic E-state index is 0.00704. The van der Waals surface area contributed by atoms with Crippen LogP contribution in [0.1, 0.15) is 18.5 Å². The fraction of sp³-hybridized carbons (Fsp3) is 0.455. The Balaban J connectivity index is 2.12. The van der Waals surface area contributed by atoms with Gasteiger partial charge in [0.25, 0.3) is 0 Å². The summed E-state index contributed by atoms with van der Waals surface area (Å²) in [6, 6.07) is 6.82. The van der Waals surface area contributed by atoms with Crippen molar-refractivity contribution in [3.05, 3.63) is 35.6 Å². The van der Waals surface area contributed by atoms with Gasteiger partial charge in [0.1, 0.15) is 5.82 Å². The summed E-state index contributed by atoms with van der Waals surface area (Å²) in [5.74, 6) is -0.164. The van der Waals surface area contributed by atoms with Gasteiger partial charge in [0.15, 0.2) is 0 Å². The highest BCUT2D eigenvalue weighted by molar-refractivity contribution is 5.21. The summed E-state index contributed by atoms with van der Waals surface area (Å²) < 4.78 is 18.8. The second-order valence-electron chi connectivity index (χ2n) is 3.63. The minimum Gasteiger partial charge on any atom is -0.375 e. The van der Waals surface area contributed by atoms with Crippen LogP contribution in [0.4, 0.5) is 4.39 Å². The third-order valence-electron chi connectivity index (χ3n) is 2.48. The molecule has 1 aliphatic rings. The lowest BCUT2D eigenvalue weighted by atomic mass is 10.1. The number of hydrogen-bond donors (Lipinski definition) is 1. The summed E-state index contributed by atoms with van der Waals surface area (Å²) in [5.41, 5.74) is 0.694. The van der Waals surface area contributed by atoms with Gasteiger partial charge in [-0.15, -0.1) is 0 Å². The van der Waals surface area contributed by atoms with Crippen molar-refractivity contribution in [2.45, 2.75) is 19.1 Å². The van der Waals surface area contributed by atoms with Gasteiger partial charge in [-0.3, -0.25) is 0 Å². The van der Waals surface area contributed by atoms with Crippen molar-refractivity contribution < 1.29 is 9.13 Å². The van der Waals surface area contributed by atoms with E-state index in [-0.39, 0.29) is 18.0 Å². The largest absolute Gasteiger partial charge is 0.375 e. The van der Waals surface area contributed by atoms with E-state index in [2.05, 4.69) is 5.32 Å². The lowest BCUT2D eigenvalue weighted by Crippen LogP contribution is -2.39. The molecule has 1 heterocycles. The molecule has 1 saturated heterocycles. The van der Waals surface area contributed by atoms with Crippen molar-refractivity contribution in [3.63, 3.8) is 0 Å². The van der Waals surface area contributed by atoms with Crippen LogP contribution in [0.25, 0.3) is 0 Å². The number of hydrogen-bond acceptors (Lipinski definition) is 2. The summed E-state index contributed by atoms with van der Waals surface area (Å²) in [4.78, 5) is 0. The molecule has 1 N–H and O–H groups in total. The number of morpholine rings is 1. The van der Waals surface area contributed by atoms with Gasteiger partial charge >= 0.3 is 0 Å². The fourth-order valence-electron chi connectivity index (χ4n) is 1.64. The molecule has 0 spiro atoms. The molecule has 1 aromatic rings. The van der Waals surface area contributed by atoms with E-state index < -0.39 is 0 Å². The molecule has 1 aromatic carbocycles. The summed E-state index contributed by atoms with van der Waals surface area (Å²) in [6.07, 6.45) is 0.220. The molecule has 0 unspecified atom stereocenters. The third-order valence-corrected chi connectivity index (χ3v) is 2.48. The highest BCUT2D eigenvalue weighted by Gasteiger charge is 2.21. The standard InChI is InChI=1S/C11H14FNO/c1-8-6-13-11(7-14-8)9-4-2-3-5-10(9)12/h2-5,8,11,13H,6-7H2,1H3/t8-,11+/m0/s1. The molecule has 76 valence electrons. The molecule has 0 saturated carbocycles. The molecule has 1 fully saturated rings. The van der Waals surface area contributed by atoms with Gasteiger partial charge in [-0.2, -0.15) is 0 Å². The van der Waals surface area contributed by atoms with Crippen LogP contribution < -0.4 is 5.32 Å². The predicted octanol–water partition coefficient (Wildman–Crippen LogP) is 1.88. The van der Waals surface area contributed by atoms with Crippen LogP contribution in [-0.4, -0.2) is 19.3 Å². The van der Waals surface area contributed by atoms with Crippen molar-refractivity contribution >= 4 is 0 Å². The fourth-order valence-corrected chi connectivity index (χ4v) is 1.64. The molecule has 2 nitrogen and oxygen atoms in total.